The lowest BCUT2D eigenvalue weighted by molar-refractivity contribution is -0.145. The monoisotopic (exact) mass is 319 g/mol. The van der Waals surface area contributed by atoms with Crippen LogP contribution in [0, 0.1) is 5.92 Å². The molecule has 4 heteroatoms. The van der Waals surface area contributed by atoms with Crippen molar-refractivity contribution in [1.29, 1.82) is 0 Å². The van der Waals surface area contributed by atoms with E-state index in [2.05, 4.69) is 6.92 Å². The molecule has 0 amide bonds. The Bertz CT molecular complexity index is 501. The van der Waals surface area contributed by atoms with Gasteiger partial charge in [-0.15, -0.1) is 0 Å². The van der Waals surface area contributed by atoms with Crippen LogP contribution in [0.3, 0.4) is 0 Å². The van der Waals surface area contributed by atoms with Crippen molar-refractivity contribution in [3.05, 3.63) is 23.8 Å². The number of hydrogen-bond donors (Lipinski definition) is 1. The Morgan fingerprint density at radius 2 is 2.04 bits per heavy atom. The number of anilines is 1. The average Bonchev–Trinajstić information content (AvgIpc) is 2.53. The van der Waals surface area contributed by atoms with Gasteiger partial charge < -0.3 is 15.2 Å². The highest BCUT2D eigenvalue weighted by Gasteiger charge is 2.23. The Hall–Kier alpha value is -1.71. The second kappa shape index (κ2) is 9.43. The van der Waals surface area contributed by atoms with E-state index in [9.17, 15) is 4.79 Å². The number of ether oxygens (including phenoxy) is 2. The third-order valence-corrected chi connectivity index (χ3v) is 4.28. The minimum atomic E-state index is -0.112. The average molecular weight is 319 g/mol. The molecule has 4 nitrogen and oxygen atoms in total. The molecule has 128 valence electrons. The number of esters is 1. The summed E-state index contributed by atoms with van der Waals surface area (Å²) in [6, 6.07) is 5.68. The second-order valence-corrected chi connectivity index (χ2v) is 6.44. The van der Waals surface area contributed by atoms with Gasteiger partial charge in [-0.1, -0.05) is 39.0 Å². The number of rotatable bonds is 9. The van der Waals surface area contributed by atoms with Gasteiger partial charge in [0.1, 0.15) is 5.75 Å². The second-order valence-electron chi connectivity index (χ2n) is 6.44. The molecule has 1 aliphatic rings. The zero-order valence-corrected chi connectivity index (χ0v) is 14.2. The summed E-state index contributed by atoms with van der Waals surface area (Å²) in [6.45, 7) is 3.33. The Labute approximate surface area is 139 Å². The van der Waals surface area contributed by atoms with Crippen LogP contribution in [0.1, 0.15) is 57.4 Å². The fourth-order valence-electron chi connectivity index (χ4n) is 2.97. The lowest BCUT2D eigenvalue weighted by atomic mass is 9.94. The quantitative estimate of drug-likeness (QED) is 0.422. The number of nitrogen functional groups attached to an aromatic ring is 1. The van der Waals surface area contributed by atoms with Gasteiger partial charge in [0.25, 0.3) is 0 Å². The molecule has 0 radical (unpaired) electrons. The van der Waals surface area contributed by atoms with Crippen molar-refractivity contribution in [2.24, 2.45) is 5.92 Å². The first-order valence-electron chi connectivity index (χ1n) is 8.86. The predicted molar refractivity (Wildman–Crippen MR) is 92.5 cm³/mol. The Balaban J connectivity index is 1.62. The van der Waals surface area contributed by atoms with E-state index in [1.54, 1.807) is 0 Å². The maximum Gasteiger partial charge on any atom is 0.306 e. The molecule has 1 aromatic carbocycles. The molecule has 1 atom stereocenters. The SMILES string of the molecule is CCCCCCCCOC(=O)CC1COc2ccc(N)cc2C1. The van der Waals surface area contributed by atoms with Crippen molar-refractivity contribution in [2.75, 3.05) is 18.9 Å². The molecule has 0 saturated carbocycles. The highest BCUT2D eigenvalue weighted by molar-refractivity contribution is 5.69. The minimum Gasteiger partial charge on any atom is -0.493 e. The molecular formula is C19H29NO3. The third-order valence-electron chi connectivity index (χ3n) is 4.28. The van der Waals surface area contributed by atoms with Crippen LogP contribution < -0.4 is 10.5 Å². The topological polar surface area (TPSA) is 61.5 Å². The molecule has 0 fully saturated rings. The zero-order valence-electron chi connectivity index (χ0n) is 14.2. The predicted octanol–water partition coefficient (Wildman–Crippen LogP) is 4.11. The molecule has 1 aliphatic heterocycles. The molecule has 23 heavy (non-hydrogen) atoms. The van der Waals surface area contributed by atoms with E-state index < -0.39 is 0 Å². The number of fused-ring (bicyclic) bond motifs is 1. The summed E-state index contributed by atoms with van der Waals surface area (Å²) in [4.78, 5) is 11.9. The van der Waals surface area contributed by atoms with Gasteiger partial charge in [0.15, 0.2) is 0 Å². The molecule has 0 saturated heterocycles. The smallest absolute Gasteiger partial charge is 0.306 e. The molecule has 1 unspecified atom stereocenters. The van der Waals surface area contributed by atoms with Crippen LogP contribution in [0.4, 0.5) is 5.69 Å². The Morgan fingerprint density at radius 3 is 2.87 bits per heavy atom. The van der Waals surface area contributed by atoms with Gasteiger partial charge >= 0.3 is 5.97 Å². The van der Waals surface area contributed by atoms with Gasteiger partial charge in [-0.25, -0.2) is 0 Å². The van der Waals surface area contributed by atoms with E-state index in [-0.39, 0.29) is 11.9 Å². The molecule has 1 aromatic rings. The third kappa shape index (κ3) is 6.12. The fourth-order valence-corrected chi connectivity index (χ4v) is 2.97. The Morgan fingerprint density at radius 1 is 1.26 bits per heavy atom. The number of benzene rings is 1. The maximum atomic E-state index is 11.9. The molecule has 2 N–H and O–H groups in total. The summed E-state index contributed by atoms with van der Waals surface area (Å²) in [5.41, 5.74) is 7.63. The summed E-state index contributed by atoms with van der Waals surface area (Å²) in [5, 5.41) is 0. The molecule has 1 heterocycles. The number of carbonyl (C=O) groups excluding carboxylic acids is 1. The normalized spacial score (nSPS) is 16.5. The van der Waals surface area contributed by atoms with Crippen molar-refractivity contribution in [3.63, 3.8) is 0 Å². The molecule has 0 aromatic heterocycles. The number of nitrogens with two attached hydrogens (primary N) is 1. The Kier molecular flexibility index (Phi) is 7.24. The van der Waals surface area contributed by atoms with E-state index in [0.717, 1.165) is 36.3 Å². The number of carbonyl (C=O) groups is 1. The standard InChI is InChI=1S/C19H29NO3/c1-2-3-4-5-6-7-10-22-19(21)12-15-11-16-13-17(20)8-9-18(16)23-14-15/h8-9,13,15H,2-7,10-12,14,20H2,1H3. The highest BCUT2D eigenvalue weighted by Crippen LogP contribution is 2.30. The van der Waals surface area contributed by atoms with Gasteiger partial charge in [0, 0.05) is 11.6 Å². The van der Waals surface area contributed by atoms with E-state index in [1.807, 2.05) is 18.2 Å². The summed E-state index contributed by atoms with van der Waals surface area (Å²) in [6.07, 6.45) is 8.44. The van der Waals surface area contributed by atoms with Crippen molar-refractivity contribution < 1.29 is 14.3 Å². The molecule has 0 bridgehead atoms. The number of hydrogen-bond acceptors (Lipinski definition) is 4. The van der Waals surface area contributed by atoms with Gasteiger partial charge in [0.05, 0.1) is 19.6 Å². The first kappa shape index (κ1) is 17.6. The van der Waals surface area contributed by atoms with Crippen LogP contribution in [0.25, 0.3) is 0 Å². The lowest BCUT2D eigenvalue weighted by Gasteiger charge is -2.24. The molecule has 0 spiro atoms. The van der Waals surface area contributed by atoms with Crippen molar-refractivity contribution in [3.8, 4) is 5.75 Å². The first-order chi connectivity index (χ1) is 11.2. The van der Waals surface area contributed by atoms with Crippen LogP contribution in [-0.2, 0) is 16.0 Å². The van der Waals surface area contributed by atoms with E-state index in [0.29, 0.717) is 19.6 Å². The lowest BCUT2D eigenvalue weighted by Crippen LogP contribution is -2.24. The highest BCUT2D eigenvalue weighted by atomic mass is 16.5. The summed E-state index contributed by atoms with van der Waals surface area (Å²) < 4.78 is 11.1. The largest absolute Gasteiger partial charge is 0.493 e. The zero-order chi connectivity index (χ0) is 16.5. The van der Waals surface area contributed by atoms with Gasteiger partial charge in [0.2, 0.25) is 0 Å². The molecular weight excluding hydrogens is 290 g/mol. The van der Waals surface area contributed by atoms with E-state index in [4.69, 9.17) is 15.2 Å². The van der Waals surface area contributed by atoms with Gasteiger partial charge in [-0.2, -0.15) is 0 Å². The maximum absolute atomic E-state index is 11.9. The van der Waals surface area contributed by atoms with E-state index in [1.165, 1.54) is 25.7 Å². The minimum absolute atomic E-state index is 0.112. The van der Waals surface area contributed by atoms with Gasteiger partial charge in [-0.05, 0) is 36.6 Å². The fraction of sp³-hybridized carbons (Fsp3) is 0.632. The van der Waals surface area contributed by atoms with Crippen molar-refractivity contribution in [1.82, 2.24) is 0 Å². The van der Waals surface area contributed by atoms with Crippen molar-refractivity contribution >= 4 is 11.7 Å². The summed E-state index contributed by atoms with van der Waals surface area (Å²) in [7, 11) is 0. The van der Waals surface area contributed by atoms with E-state index >= 15 is 0 Å². The van der Waals surface area contributed by atoms with Gasteiger partial charge in [-0.3, -0.25) is 4.79 Å². The van der Waals surface area contributed by atoms with Crippen LogP contribution in [-0.4, -0.2) is 19.2 Å². The molecule has 2 rings (SSSR count). The van der Waals surface area contributed by atoms with Crippen LogP contribution >= 0.6 is 0 Å². The number of unbranched alkanes of at least 4 members (excludes halogenated alkanes) is 5. The molecule has 0 aliphatic carbocycles. The summed E-state index contributed by atoms with van der Waals surface area (Å²) >= 11 is 0. The summed E-state index contributed by atoms with van der Waals surface area (Å²) in [5.74, 6) is 0.955. The van der Waals surface area contributed by atoms with Crippen molar-refractivity contribution in [2.45, 2.75) is 58.3 Å². The van der Waals surface area contributed by atoms with Crippen LogP contribution in [0.2, 0.25) is 0 Å². The van der Waals surface area contributed by atoms with Crippen LogP contribution in [0.15, 0.2) is 18.2 Å². The first-order valence-corrected chi connectivity index (χ1v) is 8.86. The van der Waals surface area contributed by atoms with Crippen LogP contribution in [0.5, 0.6) is 5.75 Å².